The van der Waals surface area contributed by atoms with Gasteiger partial charge in [0.25, 0.3) is 5.79 Å². The SMILES string of the molecule is COCC(=O)O[C@@H]1CO[C@]2(COC(C)(C)O2)C(=O)[C@@H]1OC(=O)COC. The number of ether oxygens (including phenoxy) is 7. The first-order valence-corrected chi connectivity index (χ1v) is 7.62. The third-order valence-corrected chi connectivity index (χ3v) is 3.54. The van der Waals surface area contributed by atoms with Crippen molar-refractivity contribution in [2.45, 2.75) is 37.6 Å². The lowest BCUT2D eigenvalue weighted by Gasteiger charge is -2.38. The number of methoxy groups -OCH3 is 2. The van der Waals surface area contributed by atoms with Gasteiger partial charge in [0.2, 0.25) is 11.9 Å². The lowest BCUT2D eigenvalue weighted by atomic mass is 9.99. The zero-order chi connectivity index (χ0) is 18.7. The minimum Gasteiger partial charge on any atom is -0.454 e. The summed E-state index contributed by atoms with van der Waals surface area (Å²) in [6.45, 7) is 2.17. The summed E-state index contributed by atoms with van der Waals surface area (Å²) >= 11 is 0. The Morgan fingerprint density at radius 3 is 2.20 bits per heavy atom. The number of Topliss-reactive ketones (excluding diaryl/α,β-unsaturated/α-hetero) is 1. The minimum atomic E-state index is -1.72. The number of hydrogen-bond acceptors (Lipinski definition) is 10. The van der Waals surface area contributed by atoms with Gasteiger partial charge < -0.3 is 33.2 Å². The van der Waals surface area contributed by atoms with E-state index < -0.39 is 41.5 Å². The maximum absolute atomic E-state index is 12.9. The van der Waals surface area contributed by atoms with Gasteiger partial charge in [-0.1, -0.05) is 0 Å². The van der Waals surface area contributed by atoms with Crippen molar-refractivity contribution in [2.75, 3.05) is 40.6 Å². The van der Waals surface area contributed by atoms with Crippen LogP contribution >= 0.6 is 0 Å². The Labute approximate surface area is 144 Å². The quantitative estimate of drug-likeness (QED) is 0.555. The molecule has 25 heavy (non-hydrogen) atoms. The normalized spacial score (nSPS) is 31.1. The zero-order valence-electron chi connectivity index (χ0n) is 14.6. The van der Waals surface area contributed by atoms with Gasteiger partial charge in [-0.05, 0) is 13.8 Å². The van der Waals surface area contributed by atoms with Gasteiger partial charge in [-0.2, -0.15) is 0 Å². The Balaban J connectivity index is 2.18. The predicted molar refractivity (Wildman–Crippen MR) is 78.3 cm³/mol. The molecular weight excluding hydrogens is 340 g/mol. The number of carbonyl (C=O) groups is 3. The Morgan fingerprint density at radius 1 is 1.08 bits per heavy atom. The van der Waals surface area contributed by atoms with Crippen molar-refractivity contribution < 1.29 is 47.5 Å². The van der Waals surface area contributed by atoms with Crippen LogP contribution < -0.4 is 0 Å². The van der Waals surface area contributed by atoms with E-state index in [0.717, 1.165) is 0 Å². The molecule has 0 aliphatic carbocycles. The van der Waals surface area contributed by atoms with E-state index in [1.54, 1.807) is 13.8 Å². The third-order valence-electron chi connectivity index (χ3n) is 3.54. The van der Waals surface area contributed by atoms with E-state index in [4.69, 9.17) is 23.7 Å². The van der Waals surface area contributed by atoms with E-state index in [2.05, 4.69) is 9.47 Å². The highest BCUT2D eigenvalue weighted by Crippen LogP contribution is 2.37. The molecule has 0 aromatic rings. The molecule has 3 atom stereocenters. The van der Waals surface area contributed by atoms with Crippen LogP contribution in [0.5, 0.6) is 0 Å². The number of rotatable bonds is 6. The van der Waals surface area contributed by atoms with Crippen molar-refractivity contribution in [2.24, 2.45) is 0 Å². The molecule has 0 aromatic heterocycles. The fraction of sp³-hybridized carbons (Fsp3) is 0.800. The summed E-state index contributed by atoms with van der Waals surface area (Å²) in [7, 11) is 2.63. The van der Waals surface area contributed by atoms with Crippen LogP contribution in [0.1, 0.15) is 13.8 Å². The number of hydrogen-bond donors (Lipinski definition) is 0. The zero-order valence-corrected chi connectivity index (χ0v) is 14.6. The monoisotopic (exact) mass is 362 g/mol. The summed E-state index contributed by atoms with van der Waals surface area (Å²) < 4.78 is 36.1. The first-order chi connectivity index (χ1) is 11.7. The van der Waals surface area contributed by atoms with Crippen molar-refractivity contribution in [3.8, 4) is 0 Å². The lowest BCUT2D eigenvalue weighted by Crippen LogP contribution is -2.62. The molecule has 0 amide bonds. The fourth-order valence-electron chi connectivity index (χ4n) is 2.52. The van der Waals surface area contributed by atoms with Crippen LogP contribution in [0.3, 0.4) is 0 Å². The Kier molecular flexibility index (Phi) is 6.12. The van der Waals surface area contributed by atoms with Gasteiger partial charge in [-0.3, -0.25) is 4.79 Å². The highest BCUT2D eigenvalue weighted by Gasteiger charge is 2.60. The van der Waals surface area contributed by atoms with Gasteiger partial charge in [0.15, 0.2) is 11.9 Å². The molecular formula is C15H22O10. The molecule has 0 aromatic carbocycles. The fourth-order valence-corrected chi connectivity index (χ4v) is 2.52. The van der Waals surface area contributed by atoms with Crippen molar-refractivity contribution in [1.82, 2.24) is 0 Å². The van der Waals surface area contributed by atoms with Crippen LogP contribution in [-0.2, 0) is 47.5 Å². The molecule has 10 heteroatoms. The van der Waals surface area contributed by atoms with Gasteiger partial charge in [-0.25, -0.2) is 9.59 Å². The molecule has 0 N–H and O–H groups in total. The van der Waals surface area contributed by atoms with Crippen molar-refractivity contribution >= 4 is 17.7 Å². The van der Waals surface area contributed by atoms with Crippen molar-refractivity contribution in [1.29, 1.82) is 0 Å². The average molecular weight is 362 g/mol. The minimum absolute atomic E-state index is 0.171. The Bertz CT molecular complexity index is 530. The third kappa shape index (κ3) is 4.53. The Hall–Kier alpha value is -1.59. The van der Waals surface area contributed by atoms with E-state index in [-0.39, 0.29) is 26.4 Å². The summed E-state index contributed by atoms with van der Waals surface area (Å²) in [6, 6.07) is 0. The molecule has 10 nitrogen and oxygen atoms in total. The molecule has 2 aliphatic heterocycles. The molecule has 0 bridgehead atoms. The highest BCUT2D eigenvalue weighted by atomic mass is 16.8. The second kappa shape index (κ2) is 7.75. The summed E-state index contributed by atoms with van der Waals surface area (Å²) in [6.07, 6.45) is -2.54. The van der Waals surface area contributed by atoms with Gasteiger partial charge >= 0.3 is 11.9 Å². The van der Waals surface area contributed by atoms with Crippen LogP contribution in [0.2, 0.25) is 0 Å². The summed E-state index contributed by atoms with van der Waals surface area (Å²) in [5.41, 5.74) is 0. The molecule has 2 fully saturated rings. The number of esters is 2. The van der Waals surface area contributed by atoms with Gasteiger partial charge in [0.05, 0.1) is 6.61 Å². The van der Waals surface area contributed by atoms with E-state index >= 15 is 0 Å². The molecule has 2 aliphatic rings. The molecule has 0 unspecified atom stereocenters. The maximum atomic E-state index is 12.9. The van der Waals surface area contributed by atoms with E-state index in [1.165, 1.54) is 14.2 Å². The largest absolute Gasteiger partial charge is 0.454 e. The van der Waals surface area contributed by atoms with Crippen LogP contribution in [0, 0.1) is 0 Å². The second-order valence-corrected chi connectivity index (χ2v) is 6.02. The highest BCUT2D eigenvalue weighted by molar-refractivity contribution is 5.93. The van der Waals surface area contributed by atoms with Gasteiger partial charge in [-0.15, -0.1) is 0 Å². The molecule has 142 valence electrons. The molecule has 2 heterocycles. The lowest BCUT2D eigenvalue weighted by molar-refractivity contribution is -0.274. The van der Waals surface area contributed by atoms with Crippen LogP contribution in [0.15, 0.2) is 0 Å². The van der Waals surface area contributed by atoms with E-state index in [1.807, 2.05) is 0 Å². The average Bonchev–Trinajstić information content (AvgIpc) is 2.84. The second-order valence-electron chi connectivity index (χ2n) is 6.02. The summed E-state index contributed by atoms with van der Waals surface area (Å²) in [5, 5.41) is 0. The molecule has 2 saturated heterocycles. The topological polar surface area (TPSA) is 116 Å². The van der Waals surface area contributed by atoms with Crippen LogP contribution in [0.25, 0.3) is 0 Å². The smallest absolute Gasteiger partial charge is 0.332 e. The summed E-state index contributed by atoms with van der Waals surface area (Å²) in [5.74, 6) is -4.98. The number of ketones is 1. The molecule has 0 radical (unpaired) electrons. The van der Waals surface area contributed by atoms with Crippen LogP contribution in [-0.4, -0.2) is 82.2 Å². The first kappa shape index (κ1) is 19.7. The van der Waals surface area contributed by atoms with E-state index in [0.29, 0.717) is 0 Å². The molecule has 1 spiro atoms. The van der Waals surface area contributed by atoms with Crippen molar-refractivity contribution in [3.05, 3.63) is 0 Å². The van der Waals surface area contributed by atoms with Crippen LogP contribution in [0.4, 0.5) is 0 Å². The van der Waals surface area contributed by atoms with E-state index in [9.17, 15) is 14.4 Å². The van der Waals surface area contributed by atoms with Gasteiger partial charge in [0, 0.05) is 14.2 Å². The number of carbonyl (C=O) groups excluding carboxylic acids is 3. The maximum Gasteiger partial charge on any atom is 0.332 e. The first-order valence-electron chi connectivity index (χ1n) is 7.62. The van der Waals surface area contributed by atoms with Crippen molar-refractivity contribution in [3.63, 3.8) is 0 Å². The molecule has 0 saturated carbocycles. The Morgan fingerprint density at radius 2 is 1.68 bits per heavy atom. The molecule has 2 rings (SSSR count). The summed E-state index contributed by atoms with van der Waals surface area (Å²) in [4.78, 5) is 36.3. The standard InChI is InChI=1S/C15H22O10/c1-14(2)22-8-15(25-14)13(18)12(24-11(17)7-20-4)9(5-21-15)23-10(16)6-19-3/h9,12H,5-8H2,1-4H3/t9-,12-,15+/m1/s1. The predicted octanol–water partition coefficient (Wildman–Crippen LogP) is -0.819. The van der Waals surface area contributed by atoms with Gasteiger partial charge in [0.1, 0.15) is 19.8 Å².